The monoisotopic (exact) mass is 401 g/mol. The van der Waals surface area contributed by atoms with Gasteiger partial charge in [-0.05, 0) is 52.3 Å². The molecule has 2 unspecified atom stereocenters. The number of hydrogen-bond acceptors (Lipinski definition) is 8. The molecule has 2 N–H and O–H groups in total. The van der Waals surface area contributed by atoms with Crippen LogP contribution in [0.1, 0.15) is 46.1 Å². The topological polar surface area (TPSA) is 122 Å². The lowest BCUT2D eigenvalue weighted by atomic mass is 9.91. The molecule has 1 aromatic rings. The van der Waals surface area contributed by atoms with Gasteiger partial charge in [-0.2, -0.15) is 8.42 Å². The van der Waals surface area contributed by atoms with E-state index in [0.717, 1.165) is 6.26 Å². The normalized spacial score (nSPS) is 14.4. The van der Waals surface area contributed by atoms with Gasteiger partial charge in [-0.1, -0.05) is 12.1 Å². The predicted octanol–water partition coefficient (Wildman–Crippen LogP) is 1.73. The Bertz CT molecular complexity index is 781. The van der Waals surface area contributed by atoms with Crippen molar-refractivity contribution in [1.29, 1.82) is 0 Å². The Balaban J connectivity index is 3.28. The van der Waals surface area contributed by atoms with Gasteiger partial charge in [-0.3, -0.25) is 9.59 Å². The average molecular weight is 401 g/mol. The van der Waals surface area contributed by atoms with Gasteiger partial charge in [-0.25, -0.2) is 0 Å². The van der Waals surface area contributed by atoms with Crippen molar-refractivity contribution in [3.8, 4) is 5.75 Å². The van der Waals surface area contributed by atoms with Gasteiger partial charge in [0.2, 0.25) is 0 Å². The smallest absolute Gasteiger partial charge is 0.324 e. The number of nitrogens with two attached hydrogens (primary N) is 1. The molecule has 9 heteroatoms. The summed E-state index contributed by atoms with van der Waals surface area (Å²) in [7, 11) is -3.76. The molecule has 27 heavy (non-hydrogen) atoms. The number of carbonyl (C=O) groups excluding carboxylic acids is 2. The van der Waals surface area contributed by atoms with Crippen LogP contribution in [0, 0.1) is 0 Å². The lowest BCUT2D eigenvalue weighted by molar-refractivity contribution is -0.162. The first-order valence-corrected chi connectivity index (χ1v) is 10.2. The second-order valence-corrected chi connectivity index (χ2v) is 8.96. The first-order chi connectivity index (χ1) is 12.2. The van der Waals surface area contributed by atoms with Crippen LogP contribution in [0.5, 0.6) is 5.75 Å². The molecule has 1 rings (SSSR count). The molecule has 8 nitrogen and oxygen atoms in total. The first-order valence-electron chi connectivity index (χ1n) is 8.38. The van der Waals surface area contributed by atoms with Crippen molar-refractivity contribution in [1.82, 2.24) is 0 Å². The fourth-order valence-electron chi connectivity index (χ4n) is 2.24. The van der Waals surface area contributed by atoms with Gasteiger partial charge < -0.3 is 19.4 Å². The van der Waals surface area contributed by atoms with Crippen molar-refractivity contribution < 1.29 is 31.7 Å². The van der Waals surface area contributed by atoms with Gasteiger partial charge >= 0.3 is 22.1 Å². The van der Waals surface area contributed by atoms with Crippen molar-refractivity contribution in [3.05, 3.63) is 29.8 Å². The lowest BCUT2D eigenvalue weighted by Crippen LogP contribution is -2.45. The van der Waals surface area contributed by atoms with E-state index in [1.54, 1.807) is 34.6 Å². The molecule has 2 atom stereocenters. The summed E-state index contributed by atoms with van der Waals surface area (Å²) in [5.41, 5.74) is 5.51. The summed E-state index contributed by atoms with van der Waals surface area (Å²) < 4.78 is 38.0. The quantitative estimate of drug-likeness (QED) is 0.541. The van der Waals surface area contributed by atoms with Crippen molar-refractivity contribution >= 4 is 22.1 Å². The standard InChI is InChI=1S/C18H27NO7S/c1-11(2)24-16(20)14(15(19)17(21)25-18(3,4)5)12-8-7-9-13(10-12)26-27(6,22)23/h7-11,14-15H,19H2,1-6H3. The predicted molar refractivity (Wildman–Crippen MR) is 99.7 cm³/mol. The molecule has 152 valence electrons. The molecule has 0 aliphatic heterocycles. The summed E-state index contributed by atoms with van der Waals surface area (Å²) in [5.74, 6) is -2.69. The Morgan fingerprint density at radius 3 is 2.19 bits per heavy atom. The third-order valence-corrected chi connectivity index (χ3v) is 3.60. The van der Waals surface area contributed by atoms with Crippen LogP contribution in [0.4, 0.5) is 0 Å². The Labute approximate surface area is 160 Å². The van der Waals surface area contributed by atoms with Crippen LogP contribution in [-0.2, 0) is 29.2 Å². The van der Waals surface area contributed by atoms with Crippen molar-refractivity contribution in [3.63, 3.8) is 0 Å². The first kappa shape index (κ1) is 22.9. The van der Waals surface area contributed by atoms with Gasteiger partial charge in [0.1, 0.15) is 23.3 Å². The van der Waals surface area contributed by atoms with Crippen LogP contribution < -0.4 is 9.92 Å². The molecule has 0 saturated carbocycles. The molecule has 0 spiro atoms. The summed E-state index contributed by atoms with van der Waals surface area (Å²) in [6, 6.07) is 4.43. The maximum atomic E-state index is 12.6. The van der Waals surface area contributed by atoms with Crippen LogP contribution in [0.3, 0.4) is 0 Å². The number of rotatable bonds is 7. The summed E-state index contributed by atoms with van der Waals surface area (Å²) in [4.78, 5) is 25.0. The van der Waals surface area contributed by atoms with Crippen molar-refractivity contribution in [2.24, 2.45) is 5.73 Å². The second kappa shape index (κ2) is 8.71. The van der Waals surface area contributed by atoms with E-state index in [2.05, 4.69) is 0 Å². The molecule has 1 aromatic carbocycles. The second-order valence-electron chi connectivity index (χ2n) is 7.38. The van der Waals surface area contributed by atoms with Crippen LogP contribution in [0.2, 0.25) is 0 Å². The highest BCUT2D eigenvalue weighted by molar-refractivity contribution is 7.86. The van der Waals surface area contributed by atoms with Crippen LogP contribution in [0.25, 0.3) is 0 Å². The van der Waals surface area contributed by atoms with Gasteiger partial charge in [-0.15, -0.1) is 0 Å². The molecular formula is C18H27NO7S. The van der Waals surface area contributed by atoms with E-state index in [9.17, 15) is 18.0 Å². The summed E-state index contributed by atoms with van der Waals surface area (Å²) >= 11 is 0. The van der Waals surface area contributed by atoms with Crippen molar-refractivity contribution in [2.75, 3.05) is 6.26 Å². The van der Waals surface area contributed by atoms with E-state index >= 15 is 0 Å². The molecule has 0 saturated heterocycles. The molecule has 0 aliphatic carbocycles. The third-order valence-electron chi connectivity index (χ3n) is 3.11. The zero-order chi connectivity index (χ0) is 21.0. The van der Waals surface area contributed by atoms with Crippen LogP contribution in [0.15, 0.2) is 24.3 Å². The molecule has 0 heterocycles. The minimum atomic E-state index is -3.76. The maximum absolute atomic E-state index is 12.6. The number of carbonyl (C=O) groups is 2. The van der Waals surface area contributed by atoms with E-state index < -0.39 is 45.7 Å². The molecule has 0 fully saturated rings. The van der Waals surface area contributed by atoms with Gasteiger partial charge in [0.15, 0.2) is 0 Å². The molecule has 0 radical (unpaired) electrons. The fraction of sp³-hybridized carbons (Fsp3) is 0.556. The zero-order valence-corrected chi connectivity index (χ0v) is 17.2. The minimum Gasteiger partial charge on any atom is -0.462 e. The number of esters is 2. The number of benzene rings is 1. The minimum absolute atomic E-state index is 0.00580. The number of ether oxygens (including phenoxy) is 2. The Morgan fingerprint density at radius 1 is 1.11 bits per heavy atom. The van der Waals surface area contributed by atoms with Gasteiger partial charge in [0.25, 0.3) is 0 Å². The summed E-state index contributed by atoms with van der Waals surface area (Å²) in [6.45, 7) is 8.37. The fourth-order valence-corrected chi connectivity index (χ4v) is 2.69. The molecule has 0 aromatic heterocycles. The third kappa shape index (κ3) is 7.96. The van der Waals surface area contributed by atoms with Crippen LogP contribution in [-0.4, -0.2) is 44.4 Å². The molecule has 0 aliphatic rings. The highest BCUT2D eigenvalue weighted by atomic mass is 32.2. The SMILES string of the molecule is CC(C)OC(=O)C(c1cccc(OS(C)(=O)=O)c1)C(N)C(=O)OC(C)(C)C. The highest BCUT2D eigenvalue weighted by Gasteiger charge is 2.37. The summed E-state index contributed by atoms with van der Waals surface area (Å²) in [6.07, 6.45) is 0.470. The molecule has 0 amide bonds. The Hall–Kier alpha value is -2.13. The zero-order valence-electron chi connectivity index (χ0n) is 16.4. The Morgan fingerprint density at radius 2 is 1.70 bits per heavy atom. The Kier molecular flexibility index (Phi) is 7.39. The lowest BCUT2D eigenvalue weighted by Gasteiger charge is -2.27. The van der Waals surface area contributed by atoms with E-state index in [4.69, 9.17) is 19.4 Å². The summed E-state index contributed by atoms with van der Waals surface area (Å²) in [5, 5.41) is 0. The average Bonchev–Trinajstić information content (AvgIpc) is 2.43. The largest absolute Gasteiger partial charge is 0.462 e. The van der Waals surface area contributed by atoms with E-state index in [1.165, 1.54) is 24.3 Å². The number of hydrogen-bond donors (Lipinski definition) is 1. The van der Waals surface area contributed by atoms with Crippen LogP contribution >= 0.6 is 0 Å². The van der Waals surface area contributed by atoms with E-state index in [1.807, 2.05) is 0 Å². The van der Waals surface area contributed by atoms with Crippen molar-refractivity contribution in [2.45, 2.75) is 58.3 Å². The highest BCUT2D eigenvalue weighted by Crippen LogP contribution is 2.27. The molecule has 0 bridgehead atoms. The van der Waals surface area contributed by atoms with Gasteiger partial charge in [0, 0.05) is 0 Å². The van der Waals surface area contributed by atoms with E-state index in [-0.39, 0.29) is 11.3 Å². The van der Waals surface area contributed by atoms with Gasteiger partial charge in [0.05, 0.1) is 12.4 Å². The maximum Gasteiger partial charge on any atom is 0.324 e. The molecular weight excluding hydrogens is 374 g/mol. The van der Waals surface area contributed by atoms with E-state index in [0.29, 0.717) is 0 Å².